The summed E-state index contributed by atoms with van der Waals surface area (Å²) in [5.41, 5.74) is 5.35. The number of hydrogen-bond donors (Lipinski definition) is 2. The highest BCUT2D eigenvalue weighted by Gasteiger charge is 2.28. The molecule has 140 valence electrons. The van der Waals surface area contributed by atoms with Crippen LogP contribution in [-0.4, -0.2) is 23.6 Å². The van der Waals surface area contributed by atoms with E-state index in [1.54, 1.807) is 13.8 Å². The van der Waals surface area contributed by atoms with Crippen LogP contribution in [0.25, 0.3) is 0 Å². The molecule has 27 heavy (non-hydrogen) atoms. The number of nitrogens with one attached hydrogen (secondary N) is 2. The van der Waals surface area contributed by atoms with E-state index in [1.807, 2.05) is 25.1 Å². The third kappa shape index (κ3) is 3.60. The molecule has 2 heterocycles. The summed E-state index contributed by atoms with van der Waals surface area (Å²) >= 11 is 0. The van der Waals surface area contributed by atoms with E-state index in [1.165, 1.54) is 0 Å². The molecular weight excluding hydrogens is 344 g/mol. The first-order chi connectivity index (χ1) is 12.8. The van der Waals surface area contributed by atoms with E-state index in [4.69, 9.17) is 0 Å². The van der Waals surface area contributed by atoms with Crippen molar-refractivity contribution in [2.45, 2.75) is 46.5 Å². The quantitative estimate of drug-likeness (QED) is 0.751. The van der Waals surface area contributed by atoms with Crippen LogP contribution in [0.3, 0.4) is 0 Å². The smallest absolute Gasteiger partial charge is 0.254 e. The first-order valence-electron chi connectivity index (χ1n) is 8.97. The van der Waals surface area contributed by atoms with E-state index in [2.05, 4.69) is 10.6 Å². The average Bonchev–Trinajstić information content (AvgIpc) is 3.00. The number of aryl methyl sites for hydroxylation is 2. The van der Waals surface area contributed by atoms with Crippen LogP contribution in [0.2, 0.25) is 0 Å². The Balaban J connectivity index is 1.77. The summed E-state index contributed by atoms with van der Waals surface area (Å²) in [6.07, 6.45) is 2.24. The van der Waals surface area contributed by atoms with Gasteiger partial charge in [-0.25, -0.2) is 0 Å². The Kier molecular flexibility index (Phi) is 5.08. The molecule has 4 amide bonds. The molecule has 2 N–H and O–H groups in total. The van der Waals surface area contributed by atoms with E-state index < -0.39 is 0 Å². The second-order valence-corrected chi connectivity index (χ2v) is 6.99. The van der Waals surface area contributed by atoms with Gasteiger partial charge in [0.2, 0.25) is 0 Å². The predicted molar refractivity (Wildman–Crippen MR) is 99.5 cm³/mol. The molecule has 0 fully saturated rings. The summed E-state index contributed by atoms with van der Waals surface area (Å²) in [5, 5.41) is 4.64. The van der Waals surface area contributed by atoms with Gasteiger partial charge in [0.15, 0.2) is 0 Å². The number of carbonyl (C=O) groups excluding carboxylic acids is 4. The van der Waals surface area contributed by atoms with E-state index in [0.717, 1.165) is 16.7 Å². The van der Waals surface area contributed by atoms with E-state index in [0.29, 0.717) is 48.0 Å². The second-order valence-electron chi connectivity index (χ2n) is 6.99. The maximum absolute atomic E-state index is 11.9. The highest BCUT2D eigenvalue weighted by molar-refractivity contribution is 6.19. The topological polar surface area (TPSA) is 92.3 Å². The fraction of sp³-hybridized carbons (Fsp3) is 0.333. The molecule has 6 nitrogen and oxygen atoms in total. The summed E-state index contributed by atoms with van der Waals surface area (Å²) in [5.74, 6) is -1.26. The lowest BCUT2D eigenvalue weighted by molar-refractivity contribution is -0.125. The Hall–Kier alpha value is -3.02. The Morgan fingerprint density at radius 3 is 1.67 bits per heavy atom. The molecule has 0 saturated carbocycles. The van der Waals surface area contributed by atoms with Crippen LogP contribution < -0.4 is 10.6 Å². The summed E-state index contributed by atoms with van der Waals surface area (Å²) in [6, 6.07) is 5.98. The molecule has 2 aliphatic heterocycles. The normalized spacial score (nSPS) is 17.1. The summed E-state index contributed by atoms with van der Waals surface area (Å²) in [7, 11) is 0. The minimum atomic E-state index is -0.321. The lowest BCUT2D eigenvalue weighted by Crippen LogP contribution is -2.23. The molecule has 6 heteroatoms. The molecule has 0 atom stereocenters. The van der Waals surface area contributed by atoms with Crippen LogP contribution >= 0.6 is 0 Å². The molecule has 0 unspecified atom stereocenters. The molecule has 1 aromatic rings. The number of rotatable bonds is 6. The Labute approximate surface area is 157 Å². The zero-order valence-corrected chi connectivity index (χ0v) is 15.7. The molecule has 0 spiro atoms. The van der Waals surface area contributed by atoms with Crippen LogP contribution in [0.15, 0.2) is 40.5 Å². The average molecular weight is 366 g/mol. The molecule has 1 aromatic carbocycles. The number of hydrogen-bond acceptors (Lipinski definition) is 4. The van der Waals surface area contributed by atoms with Gasteiger partial charge in [-0.15, -0.1) is 0 Å². The van der Waals surface area contributed by atoms with Crippen LogP contribution in [0.4, 0.5) is 0 Å². The third-order valence-electron chi connectivity index (χ3n) is 5.37. The number of carbonyl (C=O) groups is 4. The molecule has 0 saturated heterocycles. The van der Waals surface area contributed by atoms with Gasteiger partial charge < -0.3 is 0 Å². The fourth-order valence-corrected chi connectivity index (χ4v) is 3.63. The fourth-order valence-electron chi connectivity index (χ4n) is 3.63. The van der Waals surface area contributed by atoms with E-state index in [9.17, 15) is 19.2 Å². The van der Waals surface area contributed by atoms with Gasteiger partial charge in [-0.2, -0.15) is 0 Å². The third-order valence-corrected chi connectivity index (χ3v) is 5.37. The number of imide groups is 2. The van der Waals surface area contributed by atoms with Gasteiger partial charge in [0, 0.05) is 22.3 Å². The first-order valence-corrected chi connectivity index (χ1v) is 8.97. The summed E-state index contributed by atoms with van der Waals surface area (Å²) < 4.78 is 0. The van der Waals surface area contributed by atoms with Crippen molar-refractivity contribution < 1.29 is 19.2 Å². The zero-order valence-electron chi connectivity index (χ0n) is 15.7. The highest BCUT2D eigenvalue weighted by atomic mass is 16.2. The van der Waals surface area contributed by atoms with Gasteiger partial charge >= 0.3 is 0 Å². The summed E-state index contributed by atoms with van der Waals surface area (Å²) in [4.78, 5) is 47.0. The summed E-state index contributed by atoms with van der Waals surface area (Å²) in [6.45, 7) is 5.34. The van der Waals surface area contributed by atoms with E-state index >= 15 is 0 Å². The maximum Gasteiger partial charge on any atom is 0.254 e. The number of benzene rings is 1. The predicted octanol–water partition coefficient (Wildman–Crippen LogP) is 1.81. The minimum Gasteiger partial charge on any atom is -0.289 e. The Morgan fingerprint density at radius 2 is 1.19 bits per heavy atom. The molecule has 0 bridgehead atoms. The van der Waals surface area contributed by atoms with Gasteiger partial charge in [-0.1, -0.05) is 18.2 Å². The standard InChI is InChI=1S/C21H22N2O4/c1-11-5-4-6-14(7-8-16-12(2)18(24)22-20(16)26)15(11)9-10-17-13(3)19(25)23-21(17)27/h4-6H,7-10H2,1-3H3,(H,22,24,26)(H,23,25,27). The van der Waals surface area contributed by atoms with Crippen molar-refractivity contribution in [3.05, 3.63) is 57.2 Å². The lowest BCUT2D eigenvalue weighted by atomic mass is 9.91. The second kappa shape index (κ2) is 7.31. The van der Waals surface area contributed by atoms with Gasteiger partial charge in [0.1, 0.15) is 0 Å². The maximum atomic E-state index is 11.9. The van der Waals surface area contributed by atoms with Crippen molar-refractivity contribution in [3.8, 4) is 0 Å². The van der Waals surface area contributed by atoms with Crippen molar-refractivity contribution in [3.63, 3.8) is 0 Å². The number of amides is 4. The van der Waals surface area contributed by atoms with E-state index in [-0.39, 0.29) is 23.6 Å². The van der Waals surface area contributed by atoms with Crippen molar-refractivity contribution in [1.82, 2.24) is 10.6 Å². The molecule has 0 aromatic heterocycles. The van der Waals surface area contributed by atoms with Crippen molar-refractivity contribution in [2.75, 3.05) is 0 Å². The van der Waals surface area contributed by atoms with Gasteiger partial charge in [0.05, 0.1) is 0 Å². The lowest BCUT2D eigenvalue weighted by Gasteiger charge is -2.13. The van der Waals surface area contributed by atoms with Crippen molar-refractivity contribution >= 4 is 23.6 Å². The van der Waals surface area contributed by atoms with Crippen molar-refractivity contribution in [1.29, 1.82) is 0 Å². The van der Waals surface area contributed by atoms with Gasteiger partial charge in [-0.3, -0.25) is 29.8 Å². The van der Waals surface area contributed by atoms with Crippen LogP contribution in [0.1, 0.15) is 43.4 Å². The SMILES string of the molecule is CC1=C(CCc2cccc(C)c2CCC2=C(C)C(=O)NC2=O)C(=O)NC1=O. The molecule has 0 radical (unpaired) electrons. The van der Waals surface area contributed by atoms with Crippen LogP contribution in [-0.2, 0) is 32.0 Å². The molecule has 0 aliphatic carbocycles. The Morgan fingerprint density at radius 1 is 0.667 bits per heavy atom. The zero-order chi connectivity index (χ0) is 19.7. The van der Waals surface area contributed by atoms with Crippen molar-refractivity contribution in [2.24, 2.45) is 0 Å². The Bertz CT molecular complexity index is 938. The molecule has 2 aliphatic rings. The monoisotopic (exact) mass is 366 g/mol. The van der Waals surface area contributed by atoms with Gasteiger partial charge in [0.25, 0.3) is 23.6 Å². The first kappa shape index (κ1) is 18.8. The molecule has 3 rings (SSSR count). The van der Waals surface area contributed by atoms with Crippen LogP contribution in [0.5, 0.6) is 0 Å². The minimum absolute atomic E-state index is 0.311. The largest absolute Gasteiger partial charge is 0.289 e. The highest BCUT2D eigenvalue weighted by Crippen LogP contribution is 2.25. The molecular formula is C21H22N2O4. The van der Waals surface area contributed by atoms with Crippen LogP contribution in [0, 0.1) is 6.92 Å². The van der Waals surface area contributed by atoms with Gasteiger partial charge in [-0.05, 0) is 63.1 Å².